The van der Waals surface area contributed by atoms with Crippen molar-refractivity contribution in [2.45, 2.75) is 31.6 Å². The highest BCUT2D eigenvalue weighted by atomic mass is 16.5. The van der Waals surface area contributed by atoms with Crippen LogP contribution in [0.4, 0.5) is 0 Å². The third kappa shape index (κ3) is 3.39. The van der Waals surface area contributed by atoms with E-state index >= 15 is 0 Å². The molecule has 0 amide bonds. The van der Waals surface area contributed by atoms with Crippen LogP contribution in [0.2, 0.25) is 0 Å². The number of methoxy groups -OCH3 is 1. The van der Waals surface area contributed by atoms with Crippen LogP contribution in [0, 0.1) is 0 Å². The Labute approximate surface area is 176 Å². The Bertz CT molecular complexity index is 1190. The minimum atomic E-state index is 0.565. The van der Waals surface area contributed by atoms with Crippen molar-refractivity contribution in [1.29, 1.82) is 0 Å². The number of rotatable bonds is 5. The first-order valence-electron chi connectivity index (χ1n) is 10.6. The lowest BCUT2D eigenvalue weighted by atomic mass is 9.91. The fraction of sp³-hybridized carbons (Fsp3) is 0.231. The molecule has 0 saturated heterocycles. The number of fused-ring (bicyclic) bond motifs is 1. The molecule has 0 N–H and O–H groups in total. The quantitative estimate of drug-likeness (QED) is 0.400. The van der Waals surface area contributed by atoms with Gasteiger partial charge in [-0.25, -0.2) is 9.97 Å². The molecule has 1 saturated carbocycles. The molecule has 4 nitrogen and oxygen atoms in total. The molecule has 1 aliphatic carbocycles. The Hall–Kier alpha value is -3.40. The fourth-order valence-electron chi connectivity index (χ4n) is 4.58. The van der Waals surface area contributed by atoms with Crippen LogP contribution in [0.15, 0.2) is 66.9 Å². The normalized spacial score (nSPS) is 14.7. The van der Waals surface area contributed by atoms with Crippen LogP contribution >= 0.6 is 0 Å². The molecule has 0 aliphatic heterocycles. The predicted octanol–water partition coefficient (Wildman–Crippen LogP) is 6.26. The second kappa shape index (κ2) is 8.15. The molecule has 0 atom stereocenters. The summed E-state index contributed by atoms with van der Waals surface area (Å²) in [5.74, 6) is 3.29. The van der Waals surface area contributed by atoms with Gasteiger partial charge in [0, 0.05) is 11.8 Å². The molecule has 0 bridgehead atoms. The van der Waals surface area contributed by atoms with E-state index in [9.17, 15) is 0 Å². The van der Waals surface area contributed by atoms with E-state index in [0.717, 1.165) is 28.4 Å². The van der Waals surface area contributed by atoms with Gasteiger partial charge in [0.2, 0.25) is 0 Å². The Morgan fingerprint density at radius 1 is 0.933 bits per heavy atom. The number of hydrogen-bond donors (Lipinski definition) is 0. The average Bonchev–Trinajstić information content (AvgIpc) is 3.45. The monoisotopic (exact) mass is 395 g/mol. The molecule has 4 aromatic rings. The van der Waals surface area contributed by atoms with Crippen LogP contribution in [-0.2, 0) is 0 Å². The van der Waals surface area contributed by atoms with Gasteiger partial charge in [0.05, 0.1) is 18.1 Å². The summed E-state index contributed by atoms with van der Waals surface area (Å²) in [4.78, 5) is 9.44. The minimum Gasteiger partial charge on any atom is -0.496 e. The first kappa shape index (κ1) is 18.6. The average molecular weight is 396 g/mol. The zero-order valence-electron chi connectivity index (χ0n) is 17.2. The maximum absolute atomic E-state index is 5.73. The van der Waals surface area contributed by atoms with Crippen molar-refractivity contribution in [3.8, 4) is 11.6 Å². The zero-order chi connectivity index (χ0) is 20.3. The summed E-state index contributed by atoms with van der Waals surface area (Å²) in [6, 6.07) is 20.5. The third-order valence-corrected chi connectivity index (χ3v) is 5.96. The number of hydrogen-bond acceptors (Lipinski definition) is 3. The lowest BCUT2D eigenvalue weighted by Crippen LogP contribution is -2.01. The maximum Gasteiger partial charge on any atom is 0.139 e. The lowest BCUT2D eigenvalue weighted by Gasteiger charge is -2.17. The summed E-state index contributed by atoms with van der Waals surface area (Å²) in [7, 11) is 1.77. The highest BCUT2D eigenvalue weighted by Crippen LogP contribution is 2.41. The predicted molar refractivity (Wildman–Crippen MR) is 122 cm³/mol. The van der Waals surface area contributed by atoms with Crippen molar-refractivity contribution in [2.75, 3.05) is 7.11 Å². The minimum absolute atomic E-state index is 0.565. The number of para-hydroxylation sites is 2. The maximum atomic E-state index is 5.73. The molecule has 0 unspecified atom stereocenters. The van der Waals surface area contributed by atoms with Crippen LogP contribution in [0.25, 0.3) is 29.0 Å². The highest BCUT2D eigenvalue weighted by molar-refractivity contribution is 5.82. The second-order valence-electron chi connectivity index (χ2n) is 7.76. The molecule has 2 heterocycles. The van der Waals surface area contributed by atoms with E-state index in [1.807, 2.05) is 42.6 Å². The third-order valence-electron chi connectivity index (χ3n) is 5.96. The number of nitrogens with zero attached hydrogens (tertiary/aromatic N) is 3. The van der Waals surface area contributed by atoms with E-state index in [0.29, 0.717) is 5.92 Å². The summed E-state index contributed by atoms with van der Waals surface area (Å²) in [6.07, 6.45) is 11.1. The summed E-state index contributed by atoms with van der Waals surface area (Å²) in [5, 5.41) is 0. The van der Waals surface area contributed by atoms with E-state index in [4.69, 9.17) is 9.72 Å². The summed E-state index contributed by atoms with van der Waals surface area (Å²) < 4.78 is 7.84. The Balaban J connectivity index is 1.62. The zero-order valence-corrected chi connectivity index (χ0v) is 17.2. The van der Waals surface area contributed by atoms with Crippen molar-refractivity contribution in [3.63, 3.8) is 0 Å². The summed E-state index contributed by atoms with van der Waals surface area (Å²) in [6.45, 7) is 0. The van der Waals surface area contributed by atoms with E-state index in [2.05, 4.69) is 46.0 Å². The molecule has 0 radical (unpaired) electrons. The van der Waals surface area contributed by atoms with Gasteiger partial charge < -0.3 is 4.74 Å². The van der Waals surface area contributed by atoms with Gasteiger partial charge in [-0.2, -0.15) is 0 Å². The molecule has 4 heteroatoms. The Morgan fingerprint density at radius 3 is 2.57 bits per heavy atom. The number of benzene rings is 2. The van der Waals surface area contributed by atoms with Crippen LogP contribution in [0.5, 0.6) is 5.75 Å². The van der Waals surface area contributed by atoms with Gasteiger partial charge in [-0.05, 0) is 60.7 Å². The standard InChI is InChI=1S/C26H25N3O/c1-30-23-14-8-11-20(26(23)19-9-2-3-10-19)16-17-25-28-21-12-4-5-13-22(21)29(25)24-15-6-7-18-27-24/h4-8,11-19H,2-3,9-10H2,1H3/b17-16+. The first-order chi connectivity index (χ1) is 14.8. The van der Waals surface area contributed by atoms with Crippen molar-refractivity contribution in [3.05, 3.63) is 83.8 Å². The molecule has 1 fully saturated rings. The molecule has 150 valence electrons. The summed E-state index contributed by atoms with van der Waals surface area (Å²) in [5.41, 5.74) is 4.55. The van der Waals surface area contributed by atoms with Crippen LogP contribution in [0.3, 0.4) is 0 Å². The van der Waals surface area contributed by atoms with Crippen LogP contribution in [0.1, 0.15) is 48.6 Å². The molecular weight excluding hydrogens is 370 g/mol. The van der Waals surface area contributed by atoms with Crippen molar-refractivity contribution in [1.82, 2.24) is 14.5 Å². The van der Waals surface area contributed by atoms with Gasteiger partial charge in [-0.1, -0.05) is 49.2 Å². The SMILES string of the molecule is COc1cccc(/C=C/c2nc3ccccc3n2-c2ccccn2)c1C1CCCC1. The van der Waals surface area contributed by atoms with Gasteiger partial charge in [-0.15, -0.1) is 0 Å². The molecule has 2 aromatic heterocycles. The van der Waals surface area contributed by atoms with Gasteiger partial charge >= 0.3 is 0 Å². The van der Waals surface area contributed by atoms with Gasteiger partial charge in [-0.3, -0.25) is 4.57 Å². The van der Waals surface area contributed by atoms with Crippen molar-refractivity contribution >= 4 is 23.2 Å². The lowest BCUT2D eigenvalue weighted by molar-refractivity contribution is 0.405. The summed E-state index contributed by atoms with van der Waals surface area (Å²) >= 11 is 0. The molecule has 0 spiro atoms. The smallest absolute Gasteiger partial charge is 0.139 e. The number of aromatic nitrogens is 3. The molecule has 1 aliphatic rings. The second-order valence-corrected chi connectivity index (χ2v) is 7.76. The fourth-order valence-corrected chi connectivity index (χ4v) is 4.58. The molecule has 5 rings (SSSR count). The number of imidazole rings is 1. The Kier molecular flexibility index (Phi) is 5.06. The highest BCUT2D eigenvalue weighted by Gasteiger charge is 2.22. The number of ether oxygens (including phenoxy) is 1. The van der Waals surface area contributed by atoms with E-state index in [1.165, 1.54) is 36.8 Å². The molecule has 30 heavy (non-hydrogen) atoms. The van der Waals surface area contributed by atoms with Crippen LogP contribution in [-0.4, -0.2) is 21.6 Å². The van der Waals surface area contributed by atoms with Crippen molar-refractivity contribution < 1.29 is 4.74 Å². The largest absolute Gasteiger partial charge is 0.496 e. The first-order valence-corrected chi connectivity index (χ1v) is 10.6. The number of pyridine rings is 1. The van der Waals surface area contributed by atoms with E-state index in [-0.39, 0.29) is 0 Å². The van der Waals surface area contributed by atoms with E-state index in [1.54, 1.807) is 7.11 Å². The van der Waals surface area contributed by atoms with E-state index < -0.39 is 0 Å². The molecule has 2 aromatic carbocycles. The van der Waals surface area contributed by atoms with Crippen molar-refractivity contribution in [2.24, 2.45) is 0 Å². The molecular formula is C26H25N3O. The van der Waals surface area contributed by atoms with Gasteiger partial charge in [0.15, 0.2) is 0 Å². The van der Waals surface area contributed by atoms with Gasteiger partial charge in [0.25, 0.3) is 0 Å². The Morgan fingerprint density at radius 2 is 1.77 bits per heavy atom. The van der Waals surface area contributed by atoms with Crippen LogP contribution < -0.4 is 4.74 Å². The topological polar surface area (TPSA) is 39.9 Å². The van der Waals surface area contributed by atoms with Gasteiger partial charge in [0.1, 0.15) is 17.4 Å².